The molecule has 0 aliphatic rings. The summed E-state index contributed by atoms with van der Waals surface area (Å²) in [5, 5.41) is 0.332. The topological polar surface area (TPSA) is 59.5 Å². The molecule has 0 saturated heterocycles. The fraction of sp³-hybridized carbons (Fsp3) is 0.562. The lowest BCUT2D eigenvalue weighted by Crippen LogP contribution is -2.37. The van der Waals surface area contributed by atoms with Gasteiger partial charge in [0, 0.05) is 19.3 Å². The Labute approximate surface area is 148 Å². The molecule has 1 rings (SSSR count). The lowest BCUT2D eigenvalue weighted by Gasteiger charge is -2.24. The largest absolute Gasteiger partial charge is 0.469 e. The molecule has 0 aliphatic carbocycles. The van der Waals surface area contributed by atoms with E-state index >= 15 is 0 Å². The van der Waals surface area contributed by atoms with E-state index in [0.717, 1.165) is 24.0 Å². The van der Waals surface area contributed by atoms with Gasteiger partial charge in [0.15, 0.2) is 0 Å². The summed E-state index contributed by atoms with van der Waals surface area (Å²) in [4.78, 5) is 28.9. The highest BCUT2D eigenvalue weighted by Gasteiger charge is 2.30. The maximum absolute atomic E-state index is 12.5. The summed E-state index contributed by atoms with van der Waals surface area (Å²) in [6, 6.07) is 2.17. The minimum absolute atomic E-state index is 0.0340. The van der Waals surface area contributed by atoms with Crippen molar-refractivity contribution in [2.24, 2.45) is 5.92 Å². The number of carbonyl (C=O) groups excluding carboxylic acids is 2. The van der Waals surface area contributed by atoms with E-state index in [2.05, 4.69) is 9.72 Å². The van der Waals surface area contributed by atoms with Gasteiger partial charge in [-0.2, -0.15) is 13.2 Å². The van der Waals surface area contributed by atoms with Crippen molar-refractivity contribution in [3.8, 4) is 0 Å². The van der Waals surface area contributed by atoms with Gasteiger partial charge in [-0.15, -0.1) is 0 Å². The first-order valence-electron chi connectivity index (χ1n) is 7.64. The molecule has 9 heteroatoms. The third kappa shape index (κ3) is 7.76. The highest BCUT2D eigenvalue weighted by atomic mass is 32.2. The van der Waals surface area contributed by atoms with Gasteiger partial charge in [-0.1, -0.05) is 25.6 Å². The summed E-state index contributed by atoms with van der Waals surface area (Å²) < 4.78 is 42.1. The lowest BCUT2D eigenvalue weighted by molar-refractivity contribution is -0.141. The second kappa shape index (κ2) is 9.65. The minimum atomic E-state index is -4.44. The van der Waals surface area contributed by atoms with Gasteiger partial charge >= 0.3 is 12.1 Å². The van der Waals surface area contributed by atoms with E-state index in [1.165, 1.54) is 13.2 Å². The van der Waals surface area contributed by atoms with E-state index in [9.17, 15) is 22.8 Å². The first-order valence-corrected chi connectivity index (χ1v) is 8.62. The average molecular weight is 378 g/mol. The lowest BCUT2D eigenvalue weighted by atomic mass is 10.2. The van der Waals surface area contributed by atoms with Gasteiger partial charge in [0.1, 0.15) is 0 Å². The molecule has 1 aromatic heterocycles. The van der Waals surface area contributed by atoms with Crippen molar-refractivity contribution in [3.05, 3.63) is 23.9 Å². The molecule has 5 nitrogen and oxygen atoms in total. The normalized spacial score (nSPS) is 11.5. The number of hydrogen-bond donors (Lipinski definition) is 0. The third-order valence-electron chi connectivity index (χ3n) is 3.16. The Balaban J connectivity index is 2.62. The Hall–Kier alpha value is -1.77. The number of rotatable bonds is 8. The van der Waals surface area contributed by atoms with E-state index in [-0.39, 0.29) is 30.5 Å². The van der Waals surface area contributed by atoms with Gasteiger partial charge in [0.25, 0.3) is 0 Å². The summed E-state index contributed by atoms with van der Waals surface area (Å²) in [5.41, 5.74) is -0.831. The number of hydrogen-bond acceptors (Lipinski definition) is 5. The van der Waals surface area contributed by atoms with E-state index < -0.39 is 17.7 Å². The number of thioether (sulfide) groups is 1. The zero-order valence-electron chi connectivity index (χ0n) is 14.3. The molecule has 0 atom stereocenters. The molecular weight excluding hydrogens is 357 g/mol. The second-order valence-electron chi connectivity index (χ2n) is 5.73. The summed E-state index contributed by atoms with van der Waals surface area (Å²) in [7, 11) is 1.28. The van der Waals surface area contributed by atoms with Gasteiger partial charge in [-0.25, -0.2) is 4.98 Å². The molecule has 25 heavy (non-hydrogen) atoms. The fourth-order valence-corrected chi connectivity index (χ4v) is 2.69. The van der Waals surface area contributed by atoms with Crippen LogP contribution in [-0.4, -0.2) is 47.7 Å². The Morgan fingerprint density at radius 1 is 1.32 bits per heavy atom. The van der Waals surface area contributed by atoms with Crippen molar-refractivity contribution in [2.45, 2.75) is 31.5 Å². The van der Waals surface area contributed by atoms with Crippen LogP contribution in [-0.2, 0) is 20.5 Å². The maximum Gasteiger partial charge on any atom is 0.417 e. The molecule has 0 aromatic carbocycles. The molecule has 1 amide bonds. The zero-order valence-corrected chi connectivity index (χ0v) is 15.1. The number of halogens is 3. The first-order chi connectivity index (χ1) is 11.6. The molecule has 1 aromatic rings. The monoisotopic (exact) mass is 378 g/mol. The Bertz CT molecular complexity index is 577. The van der Waals surface area contributed by atoms with Crippen molar-refractivity contribution in [2.75, 3.05) is 26.0 Å². The van der Waals surface area contributed by atoms with Gasteiger partial charge in [0.05, 0.1) is 29.9 Å². The van der Waals surface area contributed by atoms with Crippen LogP contribution in [0.1, 0.15) is 25.8 Å². The van der Waals surface area contributed by atoms with Gasteiger partial charge in [-0.05, 0) is 18.1 Å². The zero-order chi connectivity index (χ0) is 19.0. The number of aromatic nitrogens is 1. The number of nitrogens with zero attached hydrogens (tertiary/aromatic N) is 2. The van der Waals surface area contributed by atoms with E-state index in [1.54, 1.807) is 4.90 Å². The van der Waals surface area contributed by atoms with Crippen molar-refractivity contribution in [3.63, 3.8) is 0 Å². The Morgan fingerprint density at radius 2 is 2.00 bits per heavy atom. The van der Waals surface area contributed by atoms with Crippen LogP contribution >= 0.6 is 11.8 Å². The summed E-state index contributed by atoms with van der Waals surface area (Å²) in [6.07, 6.45) is -3.60. The summed E-state index contributed by atoms with van der Waals surface area (Å²) in [5.74, 6) is -0.356. The van der Waals surface area contributed by atoms with Crippen LogP contribution in [0.2, 0.25) is 0 Å². The molecule has 1 heterocycles. The van der Waals surface area contributed by atoms with Crippen molar-refractivity contribution in [1.29, 1.82) is 0 Å². The van der Waals surface area contributed by atoms with E-state index in [1.807, 2.05) is 13.8 Å². The molecule has 0 spiro atoms. The number of methoxy groups -OCH3 is 1. The molecule has 0 unspecified atom stereocenters. The summed E-state index contributed by atoms with van der Waals surface area (Å²) >= 11 is 1.06. The molecule has 0 radical (unpaired) electrons. The predicted octanol–water partition coefficient (Wildman–Crippen LogP) is 3.24. The Kier molecular flexibility index (Phi) is 8.21. The number of ether oxygens (including phenoxy) is 1. The number of alkyl halides is 3. The van der Waals surface area contributed by atoms with Crippen LogP contribution in [0.15, 0.2) is 23.4 Å². The first kappa shape index (κ1) is 21.3. The van der Waals surface area contributed by atoms with Crippen LogP contribution in [0, 0.1) is 5.92 Å². The summed E-state index contributed by atoms with van der Waals surface area (Å²) in [6.45, 7) is 4.62. The number of amides is 1. The molecule has 0 saturated carbocycles. The fourth-order valence-electron chi connectivity index (χ4n) is 1.95. The van der Waals surface area contributed by atoms with Gasteiger partial charge < -0.3 is 9.64 Å². The molecule has 0 N–H and O–H groups in total. The molecular formula is C16H21F3N2O3S. The smallest absolute Gasteiger partial charge is 0.417 e. The highest BCUT2D eigenvalue weighted by molar-refractivity contribution is 7.99. The van der Waals surface area contributed by atoms with E-state index in [0.29, 0.717) is 11.6 Å². The third-order valence-corrected chi connectivity index (χ3v) is 4.09. The van der Waals surface area contributed by atoms with Crippen molar-refractivity contribution in [1.82, 2.24) is 9.88 Å². The maximum atomic E-state index is 12.5. The van der Waals surface area contributed by atoms with Crippen LogP contribution in [0.25, 0.3) is 0 Å². The van der Waals surface area contributed by atoms with Gasteiger partial charge in [-0.3, -0.25) is 9.59 Å². The predicted molar refractivity (Wildman–Crippen MR) is 88.0 cm³/mol. The molecule has 140 valence electrons. The standard InChI is InChI=1S/C16H21F3N2O3S/c1-11(2)9-21(7-6-15(23)24-3)14(22)10-25-13-5-4-12(8-20-13)16(17,18)19/h4-5,8,11H,6-7,9-10H2,1-3H3. The highest BCUT2D eigenvalue weighted by Crippen LogP contribution is 2.29. The average Bonchev–Trinajstić information content (AvgIpc) is 2.55. The number of carbonyl (C=O) groups is 2. The molecule has 0 fully saturated rings. The minimum Gasteiger partial charge on any atom is -0.469 e. The number of pyridine rings is 1. The van der Waals surface area contributed by atoms with Crippen LogP contribution < -0.4 is 0 Å². The van der Waals surface area contributed by atoms with Crippen molar-refractivity contribution < 1.29 is 27.5 Å². The number of esters is 1. The van der Waals surface area contributed by atoms with Crippen LogP contribution in [0.4, 0.5) is 13.2 Å². The van der Waals surface area contributed by atoms with Crippen LogP contribution in [0.5, 0.6) is 0 Å². The quantitative estimate of drug-likeness (QED) is 0.513. The van der Waals surface area contributed by atoms with Crippen molar-refractivity contribution >= 4 is 23.6 Å². The van der Waals surface area contributed by atoms with Crippen LogP contribution in [0.3, 0.4) is 0 Å². The molecule has 0 aliphatic heterocycles. The SMILES string of the molecule is COC(=O)CCN(CC(C)C)C(=O)CSc1ccc(C(F)(F)F)cn1. The molecule has 0 bridgehead atoms. The second-order valence-corrected chi connectivity index (χ2v) is 6.73. The Morgan fingerprint density at radius 3 is 2.48 bits per heavy atom. The van der Waals surface area contributed by atoms with Gasteiger partial charge in [0.2, 0.25) is 5.91 Å². The van der Waals surface area contributed by atoms with E-state index in [4.69, 9.17) is 0 Å².